The highest BCUT2D eigenvalue weighted by atomic mass is 35.5. The average molecular weight is 386 g/mol. The molecule has 130 valence electrons. The molecule has 2 aromatic heterocycles. The van der Waals surface area contributed by atoms with E-state index in [1.165, 1.54) is 18.0 Å². The molecule has 3 aromatic rings. The van der Waals surface area contributed by atoms with Crippen LogP contribution in [0.5, 0.6) is 0 Å². The van der Waals surface area contributed by atoms with Crippen molar-refractivity contribution in [2.75, 3.05) is 5.75 Å². The lowest BCUT2D eigenvalue weighted by atomic mass is 10.1. The molecule has 0 aliphatic rings. The zero-order chi connectivity index (χ0) is 17.9. The Hall–Kier alpha value is -2.26. The molecule has 0 spiro atoms. The largest absolute Gasteiger partial charge is 0.400 e. The van der Waals surface area contributed by atoms with Crippen molar-refractivity contribution in [2.24, 2.45) is 0 Å². The van der Waals surface area contributed by atoms with Crippen LogP contribution in [0.1, 0.15) is 21.8 Å². The van der Waals surface area contributed by atoms with Gasteiger partial charge in [0.25, 0.3) is 0 Å². The van der Waals surface area contributed by atoms with Gasteiger partial charge >= 0.3 is 11.3 Å². The maximum atomic E-state index is 12.9. The average Bonchev–Trinajstić information content (AvgIpc) is 3.26. The number of aromatic nitrogens is 3. The number of thioether (sulfide) groups is 1. The van der Waals surface area contributed by atoms with Gasteiger partial charge in [0, 0.05) is 22.4 Å². The lowest BCUT2D eigenvalue weighted by Gasteiger charge is -2.02. The molecular weight excluding hydrogens is 376 g/mol. The molecule has 0 aliphatic heterocycles. The summed E-state index contributed by atoms with van der Waals surface area (Å²) >= 11 is 6.26. The molecule has 0 unspecified atom stereocenters. The van der Waals surface area contributed by atoms with Crippen LogP contribution >= 0.6 is 23.4 Å². The first-order valence-electron chi connectivity index (χ1n) is 6.94. The number of Topliss-reactive ketones (excluding diaryl/α,β-unsaturated/α-hetero) is 1. The fraction of sp³-hybridized carbons (Fsp3) is 0.200. The van der Waals surface area contributed by atoms with Gasteiger partial charge in [-0.05, 0) is 11.6 Å². The number of halogens is 3. The number of alkyl halides is 3. The van der Waals surface area contributed by atoms with E-state index in [4.69, 9.17) is 16.1 Å². The molecule has 0 bridgehead atoms. The van der Waals surface area contributed by atoms with Crippen molar-refractivity contribution >= 4 is 29.1 Å². The smallest absolute Gasteiger partial charge is 0.364 e. The highest BCUT2D eigenvalue weighted by molar-refractivity contribution is 7.99. The lowest BCUT2D eigenvalue weighted by molar-refractivity contribution is 0.0551. The maximum absolute atomic E-state index is 12.9. The molecule has 0 N–H and O–H groups in total. The summed E-state index contributed by atoms with van der Waals surface area (Å²) in [6.45, 7) is 0. The van der Waals surface area contributed by atoms with Gasteiger partial charge in [-0.25, -0.2) is 0 Å². The SMILES string of the molecule is O=C(CSCc1cnoc1)c1ccc(-c2noc(C(F)(F)Cl)n2)cc1. The summed E-state index contributed by atoms with van der Waals surface area (Å²) in [5.74, 6) is -0.166. The van der Waals surface area contributed by atoms with Crippen molar-refractivity contribution in [1.82, 2.24) is 15.3 Å². The topological polar surface area (TPSA) is 82.0 Å². The summed E-state index contributed by atoms with van der Waals surface area (Å²) in [6.07, 6.45) is 3.12. The van der Waals surface area contributed by atoms with Crippen LogP contribution in [-0.2, 0) is 11.1 Å². The highest BCUT2D eigenvalue weighted by Crippen LogP contribution is 2.32. The van der Waals surface area contributed by atoms with Crippen LogP contribution in [0.3, 0.4) is 0 Å². The Kier molecular flexibility index (Phi) is 5.14. The molecule has 0 amide bonds. The van der Waals surface area contributed by atoms with Crippen molar-refractivity contribution in [1.29, 1.82) is 0 Å². The fourth-order valence-corrected chi connectivity index (χ4v) is 2.81. The molecular formula is C15H10ClF2N3O3S. The minimum Gasteiger partial charge on any atom is -0.364 e. The molecule has 10 heteroatoms. The number of hydrogen-bond acceptors (Lipinski definition) is 7. The van der Waals surface area contributed by atoms with Gasteiger partial charge in [0.05, 0.1) is 11.9 Å². The Morgan fingerprint density at radius 1 is 1.28 bits per heavy atom. The molecule has 3 rings (SSSR count). The van der Waals surface area contributed by atoms with E-state index < -0.39 is 11.3 Å². The third-order valence-corrected chi connectivity index (χ3v) is 4.28. The van der Waals surface area contributed by atoms with Gasteiger partial charge in [-0.3, -0.25) is 4.79 Å². The van der Waals surface area contributed by atoms with Gasteiger partial charge in [0.15, 0.2) is 5.78 Å². The highest BCUT2D eigenvalue weighted by Gasteiger charge is 2.35. The number of carbonyl (C=O) groups excluding carboxylic acids is 1. The zero-order valence-corrected chi connectivity index (χ0v) is 14.1. The second-order valence-electron chi connectivity index (χ2n) is 4.95. The Morgan fingerprint density at radius 3 is 2.64 bits per heavy atom. The van der Waals surface area contributed by atoms with Crippen molar-refractivity contribution in [3.05, 3.63) is 53.7 Å². The number of rotatable bonds is 7. The molecule has 25 heavy (non-hydrogen) atoms. The summed E-state index contributed by atoms with van der Waals surface area (Å²) in [4.78, 5) is 15.7. The minimum absolute atomic E-state index is 0.0313. The second-order valence-corrected chi connectivity index (χ2v) is 6.41. The minimum atomic E-state index is -3.72. The van der Waals surface area contributed by atoms with Gasteiger partial charge in [0.1, 0.15) is 6.26 Å². The van der Waals surface area contributed by atoms with Crippen LogP contribution < -0.4 is 0 Å². The van der Waals surface area contributed by atoms with Crippen LogP contribution in [0.25, 0.3) is 11.4 Å². The number of benzene rings is 1. The third-order valence-electron chi connectivity index (χ3n) is 3.12. The molecule has 0 saturated heterocycles. The second kappa shape index (κ2) is 7.32. The molecule has 6 nitrogen and oxygen atoms in total. The van der Waals surface area contributed by atoms with E-state index in [1.807, 2.05) is 0 Å². The van der Waals surface area contributed by atoms with Gasteiger partial charge in [-0.15, -0.1) is 11.8 Å². The normalized spacial score (nSPS) is 11.6. The van der Waals surface area contributed by atoms with Gasteiger partial charge in [0.2, 0.25) is 5.82 Å². The van der Waals surface area contributed by atoms with Gasteiger partial charge in [-0.1, -0.05) is 34.6 Å². The Balaban J connectivity index is 1.61. The molecule has 0 saturated carbocycles. The molecule has 0 atom stereocenters. The number of hydrogen-bond donors (Lipinski definition) is 0. The first kappa shape index (κ1) is 17.6. The van der Waals surface area contributed by atoms with E-state index in [0.717, 1.165) is 5.56 Å². The van der Waals surface area contributed by atoms with E-state index in [9.17, 15) is 13.6 Å². The van der Waals surface area contributed by atoms with Crippen molar-refractivity contribution in [2.45, 2.75) is 11.1 Å². The Labute approximate surface area is 149 Å². The fourth-order valence-electron chi connectivity index (χ4n) is 1.90. The van der Waals surface area contributed by atoms with Crippen molar-refractivity contribution in [3.63, 3.8) is 0 Å². The monoisotopic (exact) mass is 385 g/mol. The summed E-state index contributed by atoms with van der Waals surface area (Å²) < 4.78 is 34.9. The zero-order valence-electron chi connectivity index (χ0n) is 12.5. The molecule has 0 aliphatic carbocycles. The van der Waals surface area contributed by atoms with E-state index in [1.54, 1.807) is 30.5 Å². The maximum Gasteiger partial charge on any atom is 0.400 e. The first-order valence-corrected chi connectivity index (χ1v) is 8.47. The summed E-state index contributed by atoms with van der Waals surface area (Å²) in [6, 6.07) is 6.26. The van der Waals surface area contributed by atoms with E-state index >= 15 is 0 Å². The lowest BCUT2D eigenvalue weighted by Crippen LogP contribution is -2.03. The quantitative estimate of drug-likeness (QED) is 0.446. The van der Waals surface area contributed by atoms with Gasteiger partial charge < -0.3 is 9.05 Å². The van der Waals surface area contributed by atoms with Crippen molar-refractivity contribution in [3.8, 4) is 11.4 Å². The summed E-state index contributed by atoms with van der Waals surface area (Å²) in [5, 5.41) is 3.32. The molecule has 0 radical (unpaired) electrons. The van der Waals surface area contributed by atoms with Crippen LogP contribution in [0, 0.1) is 0 Å². The summed E-state index contributed by atoms with van der Waals surface area (Å²) in [5.41, 5.74) is 1.83. The number of nitrogens with zero attached hydrogens (tertiary/aromatic N) is 3. The van der Waals surface area contributed by atoms with Crippen molar-refractivity contribution < 1.29 is 22.6 Å². The van der Waals surface area contributed by atoms with Crippen LogP contribution in [0.4, 0.5) is 8.78 Å². The predicted octanol–water partition coefficient (Wildman–Crippen LogP) is 4.13. The Bertz CT molecular complexity index is 848. The third kappa shape index (κ3) is 4.43. The standard InChI is InChI=1S/C15H10ClF2N3O3S/c16-15(17,18)14-20-13(21-24-14)11-3-1-10(2-4-11)12(22)8-25-7-9-5-19-23-6-9/h1-6H,7-8H2. The van der Waals surface area contributed by atoms with Gasteiger partial charge in [-0.2, -0.15) is 13.8 Å². The number of carbonyl (C=O) groups is 1. The molecule has 2 heterocycles. The van der Waals surface area contributed by atoms with E-state index in [-0.39, 0.29) is 17.4 Å². The van der Waals surface area contributed by atoms with Crippen LogP contribution in [-0.4, -0.2) is 26.8 Å². The predicted molar refractivity (Wildman–Crippen MR) is 86.5 cm³/mol. The number of ketones is 1. The molecule has 0 fully saturated rings. The van der Waals surface area contributed by atoms with Crippen LogP contribution in [0.15, 0.2) is 45.8 Å². The van der Waals surface area contributed by atoms with E-state index in [0.29, 0.717) is 16.9 Å². The molecule has 1 aromatic carbocycles. The summed E-state index contributed by atoms with van der Waals surface area (Å²) in [7, 11) is 0. The Morgan fingerprint density at radius 2 is 2.04 bits per heavy atom. The first-order chi connectivity index (χ1) is 11.9. The van der Waals surface area contributed by atoms with E-state index in [2.05, 4.69) is 19.8 Å². The van der Waals surface area contributed by atoms with Crippen LogP contribution in [0.2, 0.25) is 0 Å².